The molecule has 0 radical (unpaired) electrons. The highest BCUT2D eigenvalue weighted by Gasteiger charge is 2.39. The maximum absolute atomic E-state index is 10.6. The van der Waals surface area contributed by atoms with Crippen molar-refractivity contribution in [3.63, 3.8) is 0 Å². The molecule has 1 fully saturated rings. The lowest BCUT2D eigenvalue weighted by Crippen LogP contribution is -2.33. The number of aliphatic hydroxyl groups is 2. The lowest BCUT2D eigenvalue weighted by Gasteiger charge is -2.34. The van der Waals surface area contributed by atoms with E-state index in [1.165, 1.54) is 11.3 Å². The summed E-state index contributed by atoms with van der Waals surface area (Å²) in [5.41, 5.74) is 2.58. The van der Waals surface area contributed by atoms with Crippen molar-refractivity contribution in [1.82, 2.24) is 24.7 Å². The van der Waals surface area contributed by atoms with Gasteiger partial charge in [-0.25, -0.2) is 9.97 Å². The molecule has 9 heteroatoms. The number of pyridine rings is 1. The van der Waals surface area contributed by atoms with Gasteiger partial charge in [0.05, 0.1) is 34.9 Å². The molecule has 1 aliphatic carbocycles. The summed E-state index contributed by atoms with van der Waals surface area (Å²) in [7, 11) is 0. The van der Waals surface area contributed by atoms with E-state index in [2.05, 4.69) is 20.1 Å². The van der Waals surface area contributed by atoms with Crippen molar-refractivity contribution in [2.24, 2.45) is 0 Å². The summed E-state index contributed by atoms with van der Waals surface area (Å²) >= 11 is 7.99. The van der Waals surface area contributed by atoms with Gasteiger partial charge in [-0.15, -0.1) is 11.3 Å². The lowest BCUT2D eigenvalue weighted by molar-refractivity contribution is -0.0389. The van der Waals surface area contributed by atoms with Gasteiger partial charge in [-0.3, -0.25) is 4.68 Å². The second kappa shape index (κ2) is 6.66. The fourth-order valence-corrected chi connectivity index (χ4v) is 4.96. The molecular weight excluding hydrogens is 398 g/mol. The van der Waals surface area contributed by atoms with Crippen LogP contribution in [0.25, 0.3) is 32.7 Å². The first kappa shape index (κ1) is 17.8. The van der Waals surface area contributed by atoms with E-state index >= 15 is 0 Å². The van der Waals surface area contributed by atoms with Crippen molar-refractivity contribution >= 4 is 34.0 Å². The summed E-state index contributed by atoms with van der Waals surface area (Å²) in [5, 5.41) is 26.1. The molecule has 4 aromatic rings. The van der Waals surface area contributed by atoms with Gasteiger partial charge in [-0.2, -0.15) is 5.10 Å². The number of aromatic nitrogens is 5. The number of rotatable bonds is 5. The molecule has 3 N–H and O–H groups in total. The Labute approximate surface area is 169 Å². The minimum absolute atomic E-state index is 0.0369. The van der Waals surface area contributed by atoms with Gasteiger partial charge in [0.25, 0.3) is 0 Å². The van der Waals surface area contributed by atoms with Gasteiger partial charge in [0.2, 0.25) is 0 Å². The molecule has 0 atom stereocenters. The molecule has 4 aromatic heterocycles. The van der Waals surface area contributed by atoms with Crippen LogP contribution in [-0.2, 0) is 12.1 Å². The van der Waals surface area contributed by atoms with Crippen molar-refractivity contribution in [3.8, 4) is 21.7 Å². The van der Waals surface area contributed by atoms with E-state index in [1.807, 2.05) is 12.3 Å². The van der Waals surface area contributed by atoms with Gasteiger partial charge in [0.15, 0.2) is 0 Å². The Kier molecular flexibility index (Phi) is 4.24. The topological polar surface area (TPSA) is 99.9 Å². The average Bonchev–Trinajstić information content (AvgIpc) is 3.38. The first-order valence-electron chi connectivity index (χ1n) is 9.07. The van der Waals surface area contributed by atoms with Crippen molar-refractivity contribution in [2.45, 2.75) is 31.4 Å². The van der Waals surface area contributed by atoms with Crippen molar-refractivity contribution in [2.75, 3.05) is 6.61 Å². The first-order valence-corrected chi connectivity index (χ1v) is 10.3. The van der Waals surface area contributed by atoms with Gasteiger partial charge in [0.1, 0.15) is 16.3 Å². The largest absolute Gasteiger partial charge is 0.394 e. The standard InChI is InChI=1S/C19H18ClN5O2S/c20-13-8-21-17-12(6-14(24-17)11-7-23-25(10-11)4-5-26)16(13)15-9-22-18(28-15)19(27)2-1-3-19/h6-10,26-27H,1-5H2,(H,21,24). The summed E-state index contributed by atoms with van der Waals surface area (Å²) < 4.78 is 1.69. The molecular formula is C19H18ClN5O2S. The fourth-order valence-electron chi connectivity index (χ4n) is 3.51. The molecule has 5 rings (SSSR count). The van der Waals surface area contributed by atoms with Crippen LogP contribution in [0.3, 0.4) is 0 Å². The number of aliphatic hydroxyl groups excluding tert-OH is 1. The monoisotopic (exact) mass is 415 g/mol. The van der Waals surface area contributed by atoms with Crippen LogP contribution in [0.1, 0.15) is 24.3 Å². The molecule has 1 aliphatic rings. The maximum Gasteiger partial charge on any atom is 0.138 e. The van der Waals surface area contributed by atoms with E-state index in [0.29, 0.717) is 11.6 Å². The molecule has 28 heavy (non-hydrogen) atoms. The predicted molar refractivity (Wildman–Crippen MR) is 108 cm³/mol. The third kappa shape index (κ3) is 2.84. The fraction of sp³-hybridized carbons (Fsp3) is 0.316. The summed E-state index contributed by atoms with van der Waals surface area (Å²) in [5.74, 6) is 0. The van der Waals surface area contributed by atoms with Crippen LogP contribution in [0, 0.1) is 0 Å². The maximum atomic E-state index is 10.6. The second-order valence-corrected chi connectivity index (χ2v) is 8.49. The third-order valence-corrected chi connectivity index (χ3v) is 6.71. The molecule has 144 valence electrons. The zero-order valence-corrected chi connectivity index (χ0v) is 16.5. The number of halogens is 1. The zero-order valence-electron chi connectivity index (χ0n) is 14.9. The Morgan fingerprint density at radius 1 is 1.25 bits per heavy atom. The lowest BCUT2D eigenvalue weighted by atomic mass is 9.81. The second-order valence-electron chi connectivity index (χ2n) is 7.06. The number of H-pyrrole nitrogens is 1. The van der Waals surface area contributed by atoms with Gasteiger partial charge < -0.3 is 15.2 Å². The molecule has 0 saturated heterocycles. The minimum atomic E-state index is -0.786. The smallest absolute Gasteiger partial charge is 0.138 e. The van der Waals surface area contributed by atoms with Crippen LogP contribution in [-0.4, -0.2) is 41.6 Å². The van der Waals surface area contributed by atoms with Crippen molar-refractivity contribution in [1.29, 1.82) is 0 Å². The quantitative estimate of drug-likeness (QED) is 0.462. The van der Waals surface area contributed by atoms with Gasteiger partial charge in [0, 0.05) is 35.1 Å². The SMILES string of the molecule is OCCn1cc(-c2cc3c(-c4cnc(C5(O)CCC5)s4)c(Cl)cnc3[nH]2)cn1. The number of fused-ring (bicyclic) bond motifs is 1. The molecule has 0 spiro atoms. The number of hydrogen-bond acceptors (Lipinski definition) is 6. The molecule has 0 aliphatic heterocycles. The number of hydrogen-bond donors (Lipinski definition) is 3. The normalized spacial score (nSPS) is 15.8. The Hall–Kier alpha value is -2.26. The van der Waals surface area contributed by atoms with Crippen molar-refractivity contribution < 1.29 is 10.2 Å². The van der Waals surface area contributed by atoms with Gasteiger partial charge in [-0.05, 0) is 25.3 Å². The average molecular weight is 416 g/mol. The van der Waals surface area contributed by atoms with Gasteiger partial charge >= 0.3 is 0 Å². The Morgan fingerprint density at radius 3 is 2.86 bits per heavy atom. The summed E-state index contributed by atoms with van der Waals surface area (Å²) in [6.45, 7) is 0.483. The highest BCUT2D eigenvalue weighted by Crippen LogP contribution is 2.46. The highest BCUT2D eigenvalue weighted by atomic mass is 35.5. The Morgan fingerprint density at radius 2 is 2.11 bits per heavy atom. The molecule has 0 unspecified atom stereocenters. The third-order valence-electron chi connectivity index (χ3n) is 5.22. The summed E-state index contributed by atoms with van der Waals surface area (Å²) in [6.07, 6.45) is 9.57. The minimum Gasteiger partial charge on any atom is -0.394 e. The molecule has 7 nitrogen and oxygen atoms in total. The number of nitrogens with one attached hydrogen (secondary N) is 1. The molecule has 0 aromatic carbocycles. The van der Waals surface area contributed by atoms with Crippen LogP contribution >= 0.6 is 22.9 Å². The Bertz CT molecular complexity index is 1160. The number of thiazole rings is 1. The number of nitrogens with zero attached hydrogens (tertiary/aromatic N) is 4. The van der Waals surface area contributed by atoms with E-state index < -0.39 is 5.60 Å². The first-order chi connectivity index (χ1) is 13.6. The Balaban J connectivity index is 1.59. The molecule has 0 amide bonds. The van der Waals surface area contributed by atoms with Crippen LogP contribution in [0.5, 0.6) is 0 Å². The van der Waals surface area contributed by atoms with E-state index in [4.69, 9.17) is 16.7 Å². The van der Waals surface area contributed by atoms with E-state index in [-0.39, 0.29) is 6.61 Å². The van der Waals surface area contributed by atoms with Crippen LogP contribution in [0.15, 0.2) is 30.9 Å². The molecule has 4 heterocycles. The van der Waals surface area contributed by atoms with Crippen LogP contribution < -0.4 is 0 Å². The summed E-state index contributed by atoms with van der Waals surface area (Å²) in [6, 6.07) is 2.00. The van der Waals surface area contributed by atoms with E-state index in [0.717, 1.165) is 57.0 Å². The molecule has 0 bridgehead atoms. The van der Waals surface area contributed by atoms with Crippen LogP contribution in [0.4, 0.5) is 0 Å². The van der Waals surface area contributed by atoms with E-state index in [1.54, 1.807) is 23.3 Å². The number of aromatic amines is 1. The van der Waals surface area contributed by atoms with E-state index in [9.17, 15) is 5.11 Å². The highest BCUT2D eigenvalue weighted by molar-refractivity contribution is 7.15. The molecule has 1 saturated carbocycles. The summed E-state index contributed by atoms with van der Waals surface area (Å²) in [4.78, 5) is 13.1. The predicted octanol–water partition coefficient (Wildman–Crippen LogP) is 3.57. The zero-order chi connectivity index (χ0) is 19.3. The van der Waals surface area contributed by atoms with Gasteiger partial charge in [-0.1, -0.05) is 11.6 Å². The van der Waals surface area contributed by atoms with Crippen LogP contribution in [0.2, 0.25) is 5.02 Å². The van der Waals surface area contributed by atoms with Crippen molar-refractivity contribution in [3.05, 3.63) is 40.9 Å².